The summed E-state index contributed by atoms with van der Waals surface area (Å²) in [6, 6.07) is 12.7. The summed E-state index contributed by atoms with van der Waals surface area (Å²) in [6.45, 7) is 1.92. The molecule has 2 amide bonds. The Morgan fingerprint density at radius 2 is 1.64 bits per heavy atom. The molecule has 3 rings (SSSR count). The first-order valence-corrected chi connectivity index (χ1v) is 9.69. The molecule has 1 atom stereocenters. The van der Waals surface area contributed by atoms with Gasteiger partial charge in [-0.25, -0.2) is 18.5 Å². The zero-order valence-electron chi connectivity index (χ0n) is 13.2. The van der Waals surface area contributed by atoms with E-state index in [9.17, 15) is 18.0 Å². The van der Waals surface area contributed by atoms with Crippen LogP contribution < -0.4 is 15.4 Å². The number of hydrogen-bond acceptors (Lipinski definition) is 6. The Morgan fingerprint density at radius 3 is 2.20 bits per heavy atom. The van der Waals surface area contributed by atoms with Crippen molar-refractivity contribution in [3.8, 4) is 0 Å². The number of carbonyl (C=O) groups excluding carboxylic acids is 2. The SMILES string of the molecule is Cc1ccc(N2C(=O)S[C@H](Nc3ccc(S(N)(=O)=O)cc3)C2=O)cc1. The second kappa shape index (κ2) is 6.51. The third kappa shape index (κ3) is 3.68. The molecule has 1 fully saturated rings. The van der Waals surface area contributed by atoms with Crippen LogP contribution in [-0.2, 0) is 14.8 Å². The number of primary sulfonamides is 1. The third-order valence-electron chi connectivity index (χ3n) is 3.62. The van der Waals surface area contributed by atoms with Gasteiger partial charge in [0.2, 0.25) is 10.0 Å². The molecule has 9 heteroatoms. The second-order valence-corrected chi connectivity index (χ2v) is 8.10. The van der Waals surface area contributed by atoms with Crippen LogP contribution in [0.5, 0.6) is 0 Å². The summed E-state index contributed by atoms with van der Waals surface area (Å²) in [5, 5.41) is 6.82. The van der Waals surface area contributed by atoms with E-state index >= 15 is 0 Å². The van der Waals surface area contributed by atoms with Gasteiger partial charge in [-0.2, -0.15) is 0 Å². The number of aryl methyl sites for hydroxylation is 1. The molecule has 3 N–H and O–H groups in total. The minimum Gasteiger partial charge on any atom is -0.365 e. The lowest BCUT2D eigenvalue weighted by molar-refractivity contribution is -0.116. The van der Waals surface area contributed by atoms with Crippen LogP contribution in [-0.4, -0.2) is 24.9 Å². The maximum absolute atomic E-state index is 12.5. The zero-order chi connectivity index (χ0) is 18.2. The van der Waals surface area contributed by atoms with Gasteiger partial charge < -0.3 is 5.32 Å². The first-order valence-electron chi connectivity index (χ1n) is 7.26. The van der Waals surface area contributed by atoms with Gasteiger partial charge >= 0.3 is 0 Å². The molecule has 7 nitrogen and oxygen atoms in total. The summed E-state index contributed by atoms with van der Waals surface area (Å²) < 4.78 is 22.5. The summed E-state index contributed by atoms with van der Waals surface area (Å²) in [5.41, 5.74) is 2.05. The first-order chi connectivity index (χ1) is 11.8. The highest BCUT2D eigenvalue weighted by Crippen LogP contribution is 2.32. The van der Waals surface area contributed by atoms with Crippen LogP contribution in [0.3, 0.4) is 0 Å². The molecule has 0 saturated carbocycles. The lowest BCUT2D eigenvalue weighted by Crippen LogP contribution is -2.34. The summed E-state index contributed by atoms with van der Waals surface area (Å²) in [4.78, 5) is 25.8. The number of amides is 2. The van der Waals surface area contributed by atoms with Crippen LogP contribution in [0, 0.1) is 6.92 Å². The van der Waals surface area contributed by atoms with Gasteiger partial charge in [0.1, 0.15) is 0 Å². The number of hydrogen-bond donors (Lipinski definition) is 2. The fraction of sp³-hybridized carbons (Fsp3) is 0.125. The standard InChI is InChI=1S/C16H15N3O4S2/c1-10-2-6-12(7-3-10)19-15(20)14(24-16(19)21)18-11-4-8-13(9-5-11)25(17,22)23/h2-9,14,18H,1H3,(H2,17,22,23)/t14-/m0/s1. The van der Waals surface area contributed by atoms with E-state index in [1.807, 2.05) is 19.1 Å². The van der Waals surface area contributed by atoms with Gasteiger partial charge in [-0.1, -0.05) is 17.7 Å². The third-order valence-corrected chi connectivity index (χ3v) is 5.49. The highest BCUT2D eigenvalue weighted by atomic mass is 32.2. The van der Waals surface area contributed by atoms with E-state index in [4.69, 9.17) is 5.14 Å². The Hall–Kier alpha value is -2.36. The van der Waals surface area contributed by atoms with Crippen molar-refractivity contribution in [2.45, 2.75) is 17.2 Å². The topological polar surface area (TPSA) is 110 Å². The van der Waals surface area contributed by atoms with Crippen molar-refractivity contribution >= 4 is 44.3 Å². The molecule has 1 aliphatic heterocycles. The van der Waals surface area contributed by atoms with Crippen molar-refractivity contribution in [2.24, 2.45) is 5.14 Å². The molecule has 0 unspecified atom stereocenters. The molecule has 0 radical (unpaired) electrons. The molecule has 25 heavy (non-hydrogen) atoms. The number of carbonyl (C=O) groups is 2. The molecular weight excluding hydrogens is 362 g/mol. The van der Waals surface area contributed by atoms with Gasteiger partial charge in [-0.3, -0.25) is 9.59 Å². The van der Waals surface area contributed by atoms with Crippen molar-refractivity contribution < 1.29 is 18.0 Å². The fourth-order valence-electron chi connectivity index (χ4n) is 2.32. The minimum absolute atomic E-state index is 0.0270. The molecule has 1 heterocycles. The lowest BCUT2D eigenvalue weighted by atomic mass is 10.2. The lowest BCUT2D eigenvalue weighted by Gasteiger charge is -2.15. The smallest absolute Gasteiger partial charge is 0.295 e. The van der Waals surface area contributed by atoms with Gasteiger partial charge in [-0.05, 0) is 55.1 Å². The molecule has 0 bridgehead atoms. The van der Waals surface area contributed by atoms with Gasteiger partial charge in [-0.15, -0.1) is 0 Å². The van der Waals surface area contributed by atoms with Gasteiger partial charge in [0.05, 0.1) is 10.6 Å². The molecule has 2 aromatic carbocycles. The van der Waals surface area contributed by atoms with E-state index in [0.717, 1.165) is 22.2 Å². The summed E-state index contributed by atoms with van der Waals surface area (Å²) in [7, 11) is -3.78. The van der Waals surface area contributed by atoms with Crippen molar-refractivity contribution in [3.05, 3.63) is 54.1 Å². The number of anilines is 2. The molecule has 1 saturated heterocycles. The molecule has 1 aliphatic rings. The van der Waals surface area contributed by atoms with Crippen molar-refractivity contribution in [1.29, 1.82) is 0 Å². The van der Waals surface area contributed by atoms with Crippen LogP contribution in [0.1, 0.15) is 5.56 Å². The highest BCUT2D eigenvalue weighted by Gasteiger charge is 2.40. The minimum atomic E-state index is -3.78. The van der Waals surface area contributed by atoms with E-state index in [0.29, 0.717) is 11.4 Å². The Labute approximate surface area is 149 Å². The zero-order valence-corrected chi connectivity index (χ0v) is 14.8. The summed E-state index contributed by atoms with van der Waals surface area (Å²) in [6.07, 6.45) is 0. The number of imide groups is 1. The van der Waals surface area contributed by atoms with Crippen LogP contribution in [0.25, 0.3) is 0 Å². The quantitative estimate of drug-likeness (QED) is 0.846. The van der Waals surface area contributed by atoms with E-state index < -0.39 is 15.4 Å². The Morgan fingerprint density at radius 1 is 1.04 bits per heavy atom. The molecular formula is C16H15N3O4S2. The van der Waals surface area contributed by atoms with Crippen LogP contribution in [0.2, 0.25) is 0 Å². The number of sulfonamides is 1. The Balaban J connectivity index is 1.77. The Bertz CT molecular complexity index is 925. The maximum atomic E-state index is 12.5. The van der Waals surface area contributed by atoms with Crippen molar-refractivity contribution in [2.75, 3.05) is 10.2 Å². The van der Waals surface area contributed by atoms with Crippen LogP contribution >= 0.6 is 11.8 Å². The average Bonchev–Trinajstić information content (AvgIpc) is 2.82. The van der Waals surface area contributed by atoms with Crippen LogP contribution in [0.15, 0.2) is 53.4 Å². The first kappa shape index (κ1) is 17.5. The number of rotatable bonds is 4. The fourth-order valence-corrected chi connectivity index (χ4v) is 3.74. The molecule has 2 aromatic rings. The van der Waals surface area contributed by atoms with E-state index in [1.54, 1.807) is 12.1 Å². The predicted octanol–water partition coefficient (Wildman–Crippen LogP) is 2.28. The normalized spacial score (nSPS) is 17.8. The molecule has 0 aliphatic carbocycles. The highest BCUT2D eigenvalue weighted by molar-refractivity contribution is 8.16. The summed E-state index contributed by atoms with van der Waals surface area (Å²) >= 11 is 0.869. The number of nitrogens with zero attached hydrogens (tertiary/aromatic N) is 1. The van der Waals surface area contributed by atoms with Gasteiger partial charge in [0.15, 0.2) is 5.37 Å². The number of thioether (sulfide) groups is 1. The number of nitrogens with two attached hydrogens (primary N) is 1. The molecule has 0 aromatic heterocycles. The molecule has 130 valence electrons. The van der Waals surface area contributed by atoms with Gasteiger partial charge in [0, 0.05) is 5.69 Å². The second-order valence-electron chi connectivity index (χ2n) is 5.49. The summed E-state index contributed by atoms with van der Waals surface area (Å²) in [5.74, 6) is -0.380. The van der Waals surface area contributed by atoms with E-state index in [1.165, 1.54) is 24.3 Å². The van der Waals surface area contributed by atoms with E-state index in [-0.39, 0.29) is 16.0 Å². The monoisotopic (exact) mass is 377 g/mol. The largest absolute Gasteiger partial charge is 0.365 e. The Kier molecular flexibility index (Phi) is 4.55. The predicted molar refractivity (Wildman–Crippen MR) is 96.9 cm³/mol. The van der Waals surface area contributed by atoms with Crippen molar-refractivity contribution in [1.82, 2.24) is 0 Å². The van der Waals surface area contributed by atoms with Gasteiger partial charge in [0.25, 0.3) is 11.1 Å². The van der Waals surface area contributed by atoms with Crippen molar-refractivity contribution in [3.63, 3.8) is 0 Å². The number of benzene rings is 2. The number of nitrogens with one attached hydrogen (secondary N) is 1. The van der Waals surface area contributed by atoms with Crippen LogP contribution in [0.4, 0.5) is 16.2 Å². The average molecular weight is 377 g/mol. The van der Waals surface area contributed by atoms with E-state index in [2.05, 4.69) is 5.32 Å². The molecule has 0 spiro atoms. The maximum Gasteiger partial charge on any atom is 0.295 e.